The first-order chi connectivity index (χ1) is 10.1. The summed E-state index contributed by atoms with van der Waals surface area (Å²) in [6, 6.07) is 13.5. The van der Waals surface area contributed by atoms with Gasteiger partial charge in [-0.15, -0.1) is 0 Å². The topological polar surface area (TPSA) is 26.3 Å². The van der Waals surface area contributed by atoms with E-state index in [-0.39, 0.29) is 0 Å². The molecule has 0 heterocycles. The summed E-state index contributed by atoms with van der Waals surface area (Å²) in [5.74, 6) is -0.0483. The van der Waals surface area contributed by atoms with Crippen molar-refractivity contribution >= 4 is 34.7 Å². The average Bonchev–Trinajstić information content (AvgIpc) is 2.48. The minimum absolute atomic E-state index is 0.400. The van der Waals surface area contributed by atoms with E-state index < -0.39 is 5.97 Å². The molecule has 0 radical (unpaired) electrons. The summed E-state index contributed by atoms with van der Waals surface area (Å²) >= 11 is 11.6. The molecule has 0 unspecified atom stereocenters. The van der Waals surface area contributed by atoms with E-state index in [0.29, 0.717) is 26.9 Å². The first-order valence-corrected chi connectivity index (χ1v) is 6.92. The first-order valence-electron chi connectivity index (χ1n) is 6.16. The minimum atomic E-state index is -0.473. The number of carbonyl (C=O) groups excluding carboxylic acids is 1. The van der Waals surface area contributed by atoms with Crippen LogP contribution in [0, 0.1) is 0 Å². The molecule has 0 atom stereocenters. The fraction of sp³-hybridized carbons (Fsp3) is 0. The van der Waals surface area contributed by atoms with E-state index >= 15 is 0 Å². The maximum atomic E-state index is 12.3. The molecular weight excluding hydrogens is 307 g/mol. The zero-order valence-electron chi connectivity index (χ0n) is 11.1. The summed E-state index contributed by atoms with van der Waals surface area (Å²) in [4.78, 5) is 12.3. The lowest BCUT2D eigenvalue weighted by Crippen LogP contribution is -2.10. The van der Waals surface area contributed by atoms with Gasteiger partial charge in [0.15, 0.2) is 0 Å². The number of ether oxygens (including phenoxy) is 1. The second-order valence-corrected chi connectivity index (χ2v) is 5.04. The van der Waals surface area contributed by atoms with Gasteiger partial charge in [-0.25, -0.2) is 4.79 Å². The summed E-state index contributed by atoms with van der Waals surface area (Å²) < 4.78 is 5.32. The second kappa shape index (κ2) is 7.11. The molecule has 0 spiro atoms. The standard InChI is InChI=1S/C17H12Cl2O2/c1-2-3-16(12-4-6-13(18)7-5-12)17(20)21-15-10-8-14(19)9-11-15/h2-11H,1H2. The molecule has 2 nitrogen and oxygen atoms in total. The Morgan fingerprint density at radius 2 is 1.48 bits per heavy atom. The number of allylic oxidation sites excluding steroid dienone is 2. The molecule has 2 rings (SSSR count). The van der Waals surface area contributed by atoms with Crippen LogP contribution in [0.4, 0.5) is 0 Å². The van der Waals surface area contributed by atoms with E-state index in [1.54, 1.807) is 54.6 Å². The fourth-order valence-electron chi connectivity index (χ4n) is 1.69. The fourth-order valence-corrected chi connectivity index (χ4v) is 1.95. The Bertz CT molecular complexity index is 671. The number of carbonyl (C=O) groups is 1. The van der Waals surface area contributed by atoms with Gasteiger partial charge in [0, 0.05) is 10.0 Å². The lowest BCUT2D eigenvalue weighted by atomic mass is 10.1. The molecule has 0 aliphatic heterocycles. The van der Waals surface area contributed by atoms with E-state index in [1.807, 2.05) is 0 Å². The molecule has 0 aliphatic carbocycles. The van der Waals surface area contributed by atoms with Crippen LogP contribution in [0.5, 0.6) is 5.75 Å². The summed E-state index contributed by atoms with van der Waals surface area (Å²) in [6.45, 7) is 3.62. The average molecular weight is 319 g/mol. The Hall–Kier alpha value is -2.03. The molecule has 0 fully saturated rings. The molecule has 21 heavy (non-hydrogen) atoms. The van der Waals surface area contributed by atoms with Crippen molar-refractivity contribution in [1.82, 2.24) is 0 Å². The molecule has 2 aromatic carbocycles. The van der Waals surface area contributed by atoms with Crippen molar-refractivity contribution < 1.29 is 9.53 Å². The highest BCUT2D eigenvalue weighted by molar-refractivity contribution is 6.31. The van der Waals surface area contributed by atoms with Crippen LogP contribution in [-0.2, 0) is 4.79 Å². The van der Waals surface area contributed by atoms with Gasteiger partial charge in [-0.1, -0.05) is 48.0 Å². The Balaban J connectivity index is 2.24. The first kappa shape index (κ1) is 15.4. The number of benzene rings is 2. The monoisotopic (exact) mass is 318 g/mol. The van der Waals surface area contributed by atoms with Gasteiger partial charge in [0.05, 0.1) is 5.57 Å². The Morgan fingerprint density at radius 1 is 0.952 bits per heavy atom. The third kappa shape index (κ3) is 4.22. The van der Waals surface area contributed by atoms with E-state index in [4.69, 9.17) is 27.9 Å². The molecule has 0 N–H and O–H groups in total. The van der Waals surface area contributed by atoms with Gasteiger partial charge in [-0.2, -0.15) is 0 Å². The summed E-state index contributed by atoms with van der Waals surface area (Å²) in [7, 11) is 0. The molecule has 2 aromatic rings. The van der Waals surface area contributed by atoms with Crippen molar-refractivity contribution in [2.75, 3.05) is 0 Å². The largest absolute Gasteiger partial charge is 0.423 e. The van der Waals surface area contributed by atoms with E-state index in [9.17, 15) is 4.79 Å². The van der Waals surface area contributed by atoms with Gasteiger partial charge in [-0.3, -0.25) is 0 Å². The van der Waals surface area contributed by atoms with Crippen molar-refractivity contribution in [3.05, 3.63) is 82.9 Å². The highest BCUT2D eigenvalue weighted by Gasteiger charge is 2.14. The van der Waals surface area contributed by atoms with Gasteiger partial charge in [0.1, 0.15) is 5.75 Å². The molecule has 0 bridgehead atoms. The van der Waals surface area contributed by atoms with Crippen molar-refractivity contribution in [2.24, 2.45) is 0 Å². The van der Waals surface area contributed by atoms with Gasteiger partial charge >= 0.3 is 5.97 Å². The number of esters is 1. The maximum absolute atomic E-state index is 12.3. The van der Waals surface area contributed by atoms with Gasteiger partial charge in [0.2, 0.25) is 0 Å². The van der Waals surface area contributed by atoms with Crippen LogP contribution in [0.25, 0.3) is 5.57 Å². The lowest BCUT2D eigenvalue weighted by molar-refractivity contribution is -0.127. The van der Waals surface area contributed by atoms with Crippen LogP contribution in [0.15, 0.2) is 67.3 Å². The molecule has 0 saturated heterocycles. The third-order valence-corrected chi connectivity index (χ3v) is 3.19. The molecule has 106 valence electrons. The number of halogens is 2. The van der Waals surface area contributed by atoms with Crippen molar-refractivity contribution in [3.63, 3.8) is 0 Å². The zero-order valence-corrected chi connectivity index (χ0v) is 12.6. The maximum Gasteiger partial charge on any atom is 0.344 e. The Kier molecular flexibility index (Phi) is 5.20. The van der Waals surface area contributed by atoms with Gasteiger partial charge < -0.3 is 4.74 Å². The van der Waals surface area contributed by atoms with Crippen LogP contribution in [0.2, 0.25) is 10.0 Å². The van der Waals surface area contributed by atoms with Crippen molar-refractivity contribution in [2.45, 2.75) is 0 Å². The van der Waals surface area contributed by atoms with Crippen LogP contribution < -0.4 is 4.74 Å². The Labute approximate surface area is 133 Å². The van der Waals surface area contributed by atoms with E-state index in [0.717, 1.165) is 0 Å². The van der Waals surface area contributed by atoms with Crippen molar-refractivity contribution in [3.8, 4) is 5.75 Å². The molecule has 4 heteroatoms. The normalized spacial score (nSPS) is 11.0. The van der Waals surface area contributed by atoms with Crippen LogP contribution >= 0.6 is 23.2 Å². The summed E-state index contributed by atoms with van der Waals surface area (Å²) in [5.41, 5.74) is 1.11. The van der Waals surface area contributed by atoms with Crippen LogP contribution in [0.1, 0.15) is 5.56 Å². The Morgan fingerprint density at radius 3 is 2.00 bits per heavy atom. The van der Waals surface area contributed by atoms with Gasteiger partial charge in [0.25, 0.3) is 0 Å². The second-order valence-electron chi connectivity index (χ2n) is 4.17. The summed E-state index contributed by atoms with van der Waals surface area (Å²) in [6.07, 6.45) is 3.13. The molecule has 0 aromatic heterocycles. The molecule has 0 saturated carbocycles. The lowest BCUT2D eigenvalue weighted by Gasteiger charge is -2.08. The molecular formula is C17H12Cl2O2. The number of hydrogen-bond acceptors (Lipinski definition) is 2. The van der Waals surface area contributed by atoms with Gasteiger partial charge in [-0.05, 0) is 48.0 Å². The number of hydrogen-bond donors (Lipinski definition) is 0. The summed E-state index contributed by atoms with van der Waals surface area (Å²) in [5, 5.41) is 1.18. The predicted octanol–water partition coefficient (Wildman–Crippen LogP) is 5.17. The highest BCUT2D eigenvalue weighted by Crippen LogP contribution is 2.22. The third-order valence-electron chi connectivity index (χ3n) is 2.68. The number of rotatable bonds is 4. The minimum Gasteiger partial charge on any atom is -0.423 e. The quantitative estimate of drug-likeness (QED) is 0.336. The zero-order chi connectivity index (χ0) is 15.2. The SMILES string of the molecule is C=CC=C(C(=O)Oc1ccc(Cl)cc1)c1ccc(Cl)cc1. The highest BCUT2D eigenvalue weighted by atomic mass is 35.5. The smallest absolute Gasteiger partial charge is 0.344 e. The van der Waals surface area contributed by atoms with E-state index in [2.05, 4.69) is 6.58 Å². The van der Waals surface area contributed by atoms with E-state index in [1.165, 1.54) is 6.08 Å². The predicted molar refractivity (Wildman–Crippen MR) is 86.7 cm³/mol. The van der Waals surface area contributed by atoms with Crippen LogP contribution in [0.3, 0.4) is 0 Å². The molecule has 0 amide bonds. The van der Waals surface area contributed by atoms with Crippen LogP contribution in [-0.4, -0.2) is 5.97 Å². The van der Waals surface area contributed by atoms with Crippen molar-refractivity contribution in [1.29, 1.82) is 0 Å². The molecule has 0 aliphatic rings.